The lowest BCUT2D eigenvalue weighted by atomic mass is 10.1. The van der Waals surface area contributed by atoms with Crippen LogP contribution in [0.4, 0.5) is 11.6 Å². The Labute approximate surface area is 160 Å². The number of ether oxygens (including phenoxy) is 1. The van der Waals surface area contributed by atoms with E-state index in [1.807, 2.05) is 4.90 Å². The molecule has 2 heterocycles. The lowest BCUT2D eigenvalue weighted by Crippen LogP contribution is -2.50. The number of hydrogen-bond acceptors (Lipinski definition) is 8. The zero-order chi connectivity index (χ0) is 19.9. The first-order chi connectivity index (χ1) is 13.5. The van der Waals surface area contributed by atoms with Gasteiger partial charge in [-0.05, 0) is 6.07 Å². The van der Waals surface area contributed by atoms with E-state index in [0.717, 1.165) is 0 Å². The molecule has 28 heavy (non-hydrogen) atoms. The molecule has 0 unspecified atom stereocenters. The Bertz CT molecular complexity index is 852. The van der Waals surface area contributed by atoms with Crippen LogP contribution in [0.15, 0.2) is 42.7 Å². The topological polar surface area (TPSA) is 119 Å². The minimum absolute atomic E-state index is 0.148. The number of esters is 1. The summed E-state index contributed by atoms with van der Waals surface area (Å²) >= 11 is 0. The lowest BCUT2D eigenvalue weighted by molar-refractivity contribution is -0.385. The molecule has 1 aromatic carbocycles. The van der Waals surface area contributed by atoms with Crippen molar-refractivity contribution in [3.05, 3.63) is 58.4 Å². The summed E-state index contributed by atoms with van der Waals surface area (Å²) in [5.74, 6) is -0.367. The van der Waals surface area contributed by atoms with Crippen molar-refractivity contribution >= 4 is 23.5 Å². The molecule has 146 valence electrons. The van der Waals surface area contributed by atoms with E-state index in [-0.39, 0.29) is 30.2 Å². The number of nitro benzene ring substituents is 1. The minimum atomic E-state index is -0.682. The van der Waals surface area contributed by atoms with Gasteiger partial charge in [-0.1, -0.05) is 18.2 Å². The van der Waals surface area contributed by atoms with E-state index < -0.39 is 10.9 Å². The number of anilines is 1. The van der Waals surface area contributed by atoms with E-state index >= 15 is 0 Å². The van der Waals surface area contributed by atoms with Gasteiger partial charge in [0, 0.05) is 50.2 Å². The largest absolute Gasteiger partial charge is 0.455 e. The number of hydrogen-bond donors (Lipinski definition) is 0. The maximum absolute atomic E-state index is 12.3. The van der Waals surface area contributed by atoms with Gasteiger partial charge in [0.1, 0.15) is 0 Å². The van der Waals surface area contributed by atoms with Crippen LogP contribution in [-0.2, 0) is 20.7 Å². The molecule has 0 saturated carbocycles. The maximum Gasteiger partial charge on any atom is 0.311 e. The van der Waals surface area contributed by atoms with E-state index in [4.69, 9.17) is 4.74 Å². The fraction of sp³-hybridized carbons (Fsp3) is 0.333. The molecule has 0 radical (unpaired) electrons. The van der Waals surface area contributed by atoms with Gasteiger partial charge in [0.2, 0.25) is 5.95 Å². The maximum atomic E-state index is 12.3. The van der Waals surface area contributed by atoms with Gasteiger partial charge in [-0.2, -0.15) is 0 Å². The second-order valence-corrected chi connectivity index (χ2v) is 6.14. The molecule has 1 saturated heterocycles. The number of nitro groups is 1. The molecule has 0 aliphatic carbocycles. The first-order valence-corrected chi connectivity index (χ1v) is 8.72. The number of nitrogens with zero attached hydrogens (tertiary/aromatic N) is 5. The Morgan fingerprint density at radius 3 is 2.43 bits per heavy atom. The second kappa shape index (κ2) is 8.89. The number of benzene rings is 1. The molecule has 1 aliphatic rings. The standard InChI is InChI=1S/C18H19N5O5/c24-16(21-8-10-22(11-9-21)18-19-6-3-7-20-18)13-28-17(25)12-14-4-1-2-5-15(14)23(26)27/h1-7H,8-13H2. The van der Waals surface area contributed by atoms with Gasteiger partial charge in [-0.15, -0.1) is 0 Å². The number of piperazine rings is 1. The van der Waals surface area contributed by atoms with Crippen LogP contribution in [0.1, 0.15) is 5.56 Å². The van der Waals surface area contributed by atoms with Crippen molar-refractivity contribution in [2.45, 2.75) is 6.42 Å². The molecule has 2 aromatic rings. The normalized spacial score (nSPS) is 13.9. The first kappa shape index (κ1) is 19.2. The van der Waals surface area contributed by atoms with Crippen molar-refractivity contribution in [2.75, 3.05) is 37.7 Å². The molecule has 1 aromatic heterocycles. The van der Waals surface area contributed by atoms with Crippen molar-refractivity contribution < 1.29 is 19.2 Å². The predicted molar refractivity (Wildman–Crippen MR) is 98.6 cm³/mol. The molecular formula is C18H19N5O5. The number of amides is 1. The smallest absolute Gasteiger partial charge is 0.311 e. The van der Waals surface area contributed by atoms with Crippen LogP contribution in [-0.4, -0.2) is 64.5 Å². The molecule has 1 aliphatic heterocycles. The van der Waals surface area contributed by atoms with E-state index in [0.29, 0.717) is 32.1 Å². The number of carbonyl (C=O) groups is 2. The summed E-state index contributed by atoms with van der Waals surface area (Å²) in [5.41, 5.74) is 0.103. The molecule has 1 fully saturated rings. The average molecular weight is 385 g/mol. The highest BCUT2D eigenvalue weighted by atomic mass is 16.6. The van der Waals surface area contributed by atoms with Crippen LogP contribution in [0.3, 0.4) is 0 Å². The SMILES string of the molecule is O=C(Cc1ccccc1[N+](=O)[O-])OCC(=O)N1CCN(c2ncccn2)CC1. The zero-order valence-electron chi connectivity index (χ0n) is 15.1. The van der Waals surface area contributed by atoms with Crippen LogP contribution in [0.2, 0.25) is 0 Å². The highest BCUT2D eigenvalue weighted by molar-refractivity contribution is 5.82. The van der Waals surface area contributed by atoms with E-state index in [1.54, 1.807) is 29.4 Å². The molecule has 0 atom stereocenters. The zero-order valence-corrected chi connectivity index (χ0v) is 15.1. The fourth-order valence-electron chi connectivity index (χ4n) is 2.89. The quantitative estimate of drug-likeness (QED) is 0.407. The van der Waals surface area contributed by atoms with Gasteiger partial charge in [0.25, 0.3) is 11.6 Å². The van der Waals surface area contributed by atoms with Gasteiger partial charge in [0.15, 0.2) is 6.61 Å². The van der Waals surface area contributed by atoms with Crippen molar-refractivity contribution in [2.24, 2.45) is 0 Å². The Morgan fingerprint density at radius 2 is 1.75 bits per heavy atom. The minimum Gasteiger partial charge on any atom is -0.455 e. The van der Waals surface area contributed by atoms with E-state index in [9.17, 15) is 19.7 Å². The Morgan fingerprint density at radius 1 is 1.07 bits per heavy atom. The lowest BCUT2D eigenvalue weighted by Gasteiger charge is -2.34. The molecule has 10 nitrogen and oxygen atoms in total. The molecule has 1 amide bonds. The molecule has 0 bridgehead atoms. The Balaban J connectivity index is 1.46. The van der Waals surface area contributed by atoms with Crippen molar-refractivity contribution in [1.29, 1.82) is 0 Å². The molecule has 10 heteroatoms. The molecule has 0 N–H and O–H groups in total. The van der Waals surface area contributed by atoms with Crippen LogP contribution >= 0.6 is 0 Å². The number of aromatic nitrogens is 2. The third kappa shape index (κ3) is 4.78. The summed E-state index contributed by atoms with van der Waals surface area (Å²) in [4.78, 5) is 46.6. The molecule has 3 rings (SSSR count). The Kier molecular flexibility index (Phi) is 6.10. The third-order valence-corrected chi connectivity index (χ3v) is 4.35. The van der Waals surface area contributed by atoms with Gasteiger partial charge in [0.05, 0.1) is 11.3 Å². The summed E-state index contributed by atoms with van der Waals surface area (Å²) in [7, 11) is 0. The van der Waals surface area contributed by atoms with E-state index in [1.165, 1.54) is 18.2 Å². The predicted octanol–water partition coefficient (Wildman–Crippen LogP) is 0.819. The summed E-state index contributed by atoms with van der Waals surface area (Å²) in [6, 6.07) is 7.69. The highest BCUT2D eigenvalue weighted by Gasteiger charge is 2.23. The summed E-state index contributed by atoms with van der Waals surface area (Å²) < 4.78 is 5.02. The first-order valence-electron chi connectivity index (χ1n) is 8.72. The second-order valence-electron chi connectivity index (χ2n) is 6.14. The van der Waals surface area contributed by atoms with Crippen LogP contribution < -0.4 is 4.90 Å². The number of rotatable bonds is 6. The van der Waals surface area contributed by atoms with Gasteiger partial charge < -0.3 is 14.5 Å². The Hall–Kier alpha value is -3.56. The third-order valence-electron chi connectivity index (χ3n) is 4.35. The van der Waals surface area contributed by atoms with Crippen LogP contribution in [0.25, 0.3) is 0 Å². The van der Waals surface area contributed by atoms with Gasteiger partial charge in [-0.25, -0.2) is 9.97 Å². The van der Waals surface area contributed by atoms with Crippen molar-refractivity contribution in [3.8, 4) is 0 Å². The van der Waals surface area contributed by atoms with Crippen molar-refractivity contribution in [1.82, 2.24) is 14.9 Å². The molecule has 0 spiro atoms. The summed E-state index contributed by atoms with van der Waals surface area (Å²) in [5, 5.41) is 11.0. The summed E-state index contributed by atoms with van der Waals surface area (Å²) in [6.07, 6.45) is 3.07. The number of para-hydroxylation sites is 1. The average Bonchev–Trinajstić information content (AvgIpc) is 2.73. The molecular weight excluding hydrogens is 366 g/mol. The fourth-order valence-corrected chi connectivity index (χ4v) is 2.89. The van der Waals surface area contributed by atoms with E-state index in [2.05, 4.69) is 9.97 Å². The number of carbonyl (C=O) groups excluding carboxylic acids is 2. The highest BCUT2D eigenvalue weighted by Crippen LogP contribution is 2.18. The van der Waals surface area contributed by atoms with Crippen molar-refractivity contribution in [3.63, 3.8) is 0 Å². The van der Waals surface area contributed by atoms with Crippen LogP contribution in [0.5, 0.6) is 0 Å². The monoisotopic (exact) mass is 385 g/mol. The summed E-state index contributed by atoms with van der Waals surface area (Å²) in [6.45, 7) is 1.72. The van der Waals surface area contributed by atoms with Crippen LogP contribution in [0, 0.1) is 10.1 Å². The van der Waals surface area contributed by atoms with Gasteiger partial charge in [-0.3, -0.25) is 19.7 Å². The van der Waals surface area contributed by atoms with Gasteiger partial charge >= 0.3 is 5.97 Å².